The summed E-state index contributed by atoms with van der Waals surface area (Å²) in [5.41, 5.74) is -0.935. The quantitative estimate of drug-likeness (QED) is 0.577. The molecule has 2 fully saturated rings. The number of carboxylic acids is 1. The lowest BCUT2D eigenvalue weighted by molar-refractivity contribution is -0.141. The molecule has 1 aliphatic carbocycles. The molecule has 2 aliphatic rings. The fraction of sp³-hybridized carbons (Fsp3) is 0.667. The summed E-state index contributed by atoms with van der Waals surface area (Å²) >= 11 is 0. The van der Waals surface area contributed by atoms with Gasteiger partial charge in [-0.1, -0.05) is 0 Å². The number of imide groups is 1. The van der Waals surface area contributed by atoms with Gasteiger partial charge in [-0.25, -0.2) is 4.79 Å². The molecule has 110 valence electrons. The minimum Gasteiger partial charge on any atom is -0.480 e. The summed E-state index contributed by atoms with van der Waals surface area (Å²) in [5.74, 6) is -2.17. The van der Waals surface area contributed by atoms with E-state index in [-0.39, 0.29) is 5.92 Å². The Labute approximate surface area is 115 Å². The molecule has 2 rings (SSSR count). The first-order valence-corrected chi connectivity index (χ1v) is 6.42. The summed E-state index contributed by atoms with van der Waals surface area (Å²) in [4.78, 5) is 47.1. The van der Waals surface area contributed by atoms with Crippen LogP contribution in [-0.4, -0.2) is 51.9 Å². The van der Waals surface area contributed by atoms with Gasteiger partial charge in [0.05, 0.1) is 0 Å². The average Bonchev–Trinajstić information content (AvgIpc) is 3.15. The zero-order valence-corrected chi connectivity index (χ0v) is 11.3. The third-order valence-corrected chi connectivity index (χ3v) is 3.74. The van der Waals surface area contributed by atoms with Crippen molar-refractivity contribution in [2.24, 2.45) is 5.92 Å². The fourth-order valence-electron chi connectivity index (χ4n) is 2.29. The molecule has 1 saturated heterocycles. The molecule has 8 heteroatoms. The van der Waals surface area contributed by atoms with Crippen molar-refractivity contribution in [1.29, 1.82) is 0 Å². The molecule has 1 aliphatic heterocycles. The van der Waals surface area contributed by atoms with Crippen LogP contribution in [0.3, 0.4) is 0 Å². The molecule has 0 aromatic rings. The number of carbonyl (C=O) groups excluding carboxylic acids is 3. The van der Waals surface area contributed by atoms with Crippen LogP contribution in [-0.2, 0) is 14.4 Å². The van der Waals surface area contributed by atoms with E-state index in [2.05, 4.69) is 10.6 Å². The van der Waals surface area contributed by atoms with Crippen LogP contribution in [0.4, 0.5) is 4.79 Å². The van der Waals surface area contributed by atoms with Gasteiger partial charge in [0, 0.05) is 0 Å². The summed E-state index contributed by atoms with van der Waals surface area (Å²) in [5, 5.41) is 13.5. The van der Waals surface area contributed by atoms with Gasteiger partial charge >= 0.3 is 12.0 Å². The lowest BCUT2D eigenvalue weighted by atomic mass is 9.96. The second-order valence-electron chi connectivity index (χ2n) is 5.43. The van der Waals surface area contributed by atoms with E-state index >= 15 is 0 Å². The van der Waals surface area contributed by atoms with Gasteiger partial charge in [0.1, 0.15) is 18.1 Å². The van der Waals surface area contributed by atoms with Crippen LogP contribution in [0.15, 0.2) is 0 Å². The SMILES string of the molecule is C[C@H](NC(=O)CN1C(=O)NC(C)(C2CC2)C1=O)C(=O)O. The van der Waals surface area contributed by atoms with Crippen molar-refractivity contribution in [3.8, 4) is 0 Å². The smallest absolute Gasteiger partial charge is 0.325 e. The number of carbonyl (C=O) groups is 4. The molecule has 1 saturated carbocycles. The number of hydrogen-bond acceptors (Lipinski definition) is 4. The Kier molecular flexibility index (Phi) is 3.41. The molecule has 8 nitrogen and oxygen atoms in total. The van der Waals surface area contributed by atoms with Crippen LogP contribution >= 0.6 is 0 Å². The number of amides is 4. The predicted octanol–water partition coefficient (Wildman–Crippen LogP) is -0.704. The molecule has 1 heterocycles. The molecular formula is C12H17N3O5. The monoisotopic (exact) mass is 283 g/mol. The zero-order chi connectivity index (χ0) is 15.1. The highest BCUT2D eigenvalue weighted by atomic mass is 16.4. The van der Waals surface area contributed by atoms with Crippen molar-refractivity contribution >= 4 is 23.8 Å². The lowest BCUT2D eigenvalue weighted by Gasteiger charge is -2.21. The van der Waals surface area contributed by atoms with Gasteiger partial charge < -0.3 is 15.7 Å². The maximum absolute atomic E-state index is 12.2. The Morgan fingerprint density at radius 1 is 1.50 bits per heavy atom. The highest BCUT2D eigenvalue weighted by Crippen LogP contribution is 2.42. The Morgan fingerprint density at radius 3 is 2.60 bits per heavy atom. The summed E-state index contributed by atoms with van der Waals surface area (Å²) in [7, 11) is 0. The maximum Gasteiger partial charge on any atom is 0.325 e. The first-order chi connectivity index (χ1) is 9.25. The molecule has 0 aromatic carbocycles. The number of rotatable bonds is 5. The van der Waals surface area contributed by atoms with Gasteiger partial charge in [0.2, 0.25) is 5.91 Å². The first kappa shape index (κ1) is 14.3. The highest BCUT2D eigenvalue weighted by Gasteiger charge is 2.56. The number of carboxylic acid groups (broad SMARTS) is 1. The lowest BCUT2D eigenvalue weighted by Crippen LogP contribution is -2.48. The van der Waals surface area contributed by atoms with E-state index in [9.17, 15) is 19.2 Å². The van der Waals surface area contributed by atoms with Gasteiger partial charge in [-0.2, -0.15) is 0 Å². The molecule has 0 spiro atoms. The molecule has 20 heavy (non-hydrogen) atoms. The van der Waals surface area contributed by atoms with E-state index in [1.54, 1.807) is 6.92 Å². The number of urea groups is 1. The van der Waals surface area contributed by atoms with Crippen molar-refractivity contribution in [2.45, 2.75) is 38.3 Å². The van der Waals surface area contributed by atoms with Crippen molar-refractivity contribution in [3.63, 3.8) is 0 Å². The van der Waals surface area contributed by atoms with Crippen LogP contribution < -0.4 is 10.6 Å². The summed E-state index contributed by atoms with van der Waals surface area (Å²) in [6.45, 7) is 2.49. The van der Waals surface area contributed by atoms with Gasteiger partial charge in [-0.3, -0.25) is 19.3 Å². The van der Waals surface area contributed by atoms with Crippen LogP contribution in [0.25, 0.3) is 0 Å². The third-order valence-electron chi connectivity index (χ3n) is 3.74. The van der Waals surface area contributed by atoms with E-state index < -0.39 is 41.9 Å². The second kappa shape index (κ2) is 4.77. The van der Waals surface area contributed by atoms with Crippen molar-refractivity contribution in [1.82, 2.24) is 15.5 Å². The number of aliphatic carboxylic acids is 1. The Bertz CT molecular complexity index is 487. The zero-order valence-electron chi connectivity index (χ0n) is 11.3. The van der Waals surface area contributed by atoms with Crippen LogP contribution in [0.1, 0.15) is 26.7 Å². The molecule has 0 aromatic heterocycles. The van der Waals surface area contributed by atoms with E-state index in [4.69, 9.17) is 5.11 Å². The number of nitrogens with one attached hydrogen (secondary N) is 2. The van der Waals surface area contributed by atoms with Crippen molar-refractivity contribution in [3.05, 3.63) is 0 Å². The Morgan fingerprint density at radius 2 is 2.10 bits per heavy atom. The molecule has 4 amide bonds. The Balaban J connectivity index is 1.99. The molecule has 0 radical (unpaired) electrons. The maximum atomic E-state index is 12.2. The minimum absolute atomic E-state index is 0.116. The van der Waals surface area contributed by atoms with E-state index in [1.165, 1.54) is 6.92 Å². The minimum atomic E-state index is -1.18. The normalized spacial score (nSPS) is 27.2. The van der Waals surface area contributed by atoms with Gasteiger partial charge in [0.15, 0.2) is 0 Å². The number of nitrogens with zero attached hydrogens (tertiary/aromatic N) is 1. The fourth-order valence-corrected chi connectivity index (χ4v) is 2.29. The van der Waals surface area contributed by atoms with Crippen molar-refractivity contribution < 1.29 is 24.3 Å². The van der Waals surface area contributed by atoms with Crippen LogP contribution in [0.2, 0.25) is 0 Å². The number of hydrogen-bond donors (Lipinski definition) is 3. The summed E-state index contributed by atoms with van der Waals surface area (Å²) in [6.07, 6.45) is 1.75. The molecule has 2 atom stereocenters. The van der Waals surface area contributed by atoms with E-state index in [0.29, 0.717) is 0 Å². The molecule has 3 N–H and O–H groups in total. The van der Waals surface area contributed by atoms with E-state index in [0.717, 1.165) is 17.7 Å². The molecular weight excluding hydrogens is 266 g/mol. The summed E-state index contributed by atoms with van der Waals surface area (Å²) in [6, 6.07) is -1.68. The standard InChI is InChI=1S/C12H17N3O5/c1-6(9(17)18)13-8(16)5-15-10(19)12(2,7-3-4-7)14-11(15)20/h6-7H,3-5H2,1-2H3,(H,13,16)(H,14,20)(H,17,18)/t6-,12?/m0/s1. The van der Waals surface area contributed by atoms with Crippen LogP contribution in [0, 0.1) is 5.92 Å². The van der Waals surface area contributed by atoms with Gasteiger partial charge in [-0.15, -0.1) is 0 Å². The topological polar surface area (TPSA) is 116 Å². The average molecular weight is 283 g/mol. The molecule has 0 bridgehead atoms. The van der Waals surface area contributed by atoms with Gasteiger partial charge in [-0.05, 0) is 32.6 Å². The molecule has 1 unspecified atom stereocenters. The van der Waals surface area contributed by atoms with Gasteiger partial charge in [0.25, 0.3) is 5.91 Å². The van der Waals surface area contributed by atoms with Crippen molar-refractivity contribution in [2.75, 3.05) is 6.54 Å². The highest BCUT2D eigenvalue weighted by molar-refractivity contribution is 6.09. The van der Waals surface area contributed by atoms with E-state index in [1.807, 2.05) is 0 Å². The second-order valence-corrected chi connectivity index (χ2v) is 5.43. The first-order valence-electron chi connectivity index (χ1n) is 6.42. The largest absolute Gasteiger partial charge is 0.480 e. The predicted molar refractivity (Wildman–Crippen MR) is 66.6 cm³/mol. The Hall–Kier alpha value is -2.12. The van der Waals surface area contributed by atoms with Crippen LogP contribution in [0.5, 0.6) is 0 Å². The summed E-state index contributed by atoms with van der Waals surface area (Å²) < 4.78 is 0. The third kappa shape index (κ3) is 2.45.